The number of nitrogens with zero attached hydrogens (tertiary/aromatic N) is 3. The van der Waals surface area contributed by atoms with Crippen molar-refractivity contribution in [3.63, 3.8) is 0 Å². The summed E-state index contributed by atoms with van der Waals surface area (Å²) in [5.41, 5.74) is 2.85. The number of anilines is 2. The van der Waals surface area contributed by atoms with Gasteiger partial charge in [0.05, 0.1) is 23.4 Å². The van der Waals surface area contributed by atoms with Crippen LogP contribution in [0.5, 0.6) is 0 Å². The third kappa shape index (κ3) is 4.23. The number of hydrogen-bond donors (Lipinski definition) is 0. The number of ether oxygens (including phenoxy) is 1. The minimum Gasteiger partial charge on any atom is -0.462 e. The molecule has 0 aromatic heterocycles. The van der Waals surface area contributed by atoms with Gasteiger partial charge in [0.15, 0.2) is 0 Å². The maximum Gasteiger partial charge on any atom is 0.338 e. The summed E-state index contributed by atoms with van der Waals surface area (Å²) in [6.07, 6.45) is 3.25. The average molecular weight is 486 g/mol. The molecule has 0 N–H and O–H groups in total. The van der Waals surface area contributed by atoms with Crippen LogP contribution in [0.3, 0.4) is 0 Å². The molecule has 0 bridgehead atoms. The number of fused-ring (bicyclic) bond motifs is 1. The first kappa shape index (κ1) is 23.9. The molecule has 4 rings (SSSR count). The monoisotopic (exact) mass is 485 g/mol. The molecule has 1 aliphatic heterocycles. The highest BCUT2D eigenvalue weighted by molar-refractivity contribution is 8.18. The summed E-state index contributed by atoms with van der Waals surface area (Å²) in [7, 11) is 6.04. The molecule has 1 fully saturated rings. The molecular formula is C25H32N3O3PS. The van der Waals surface area contributed by atoms with E-state index in [2.05, 4.69) is 23.9 Å². The van der Waals surface area contributed by atoms with E-state index in [0.29, 0.717) is 23.8 Å². The number of amides is 1. The fraction of sp³-hybridized carbons (Fsp3) is 0.440. The lowest BCUT2D eigenvalue weighted by molar-refractivity contribution is 0.0526. The molecule has 0 saturated heterocycles. The highest BCUT2D eigenvalue weighted by Gasteiger charge is 2.47. The number of carbonyl (C=O) groups is 2. The molecule has 2 aromatic carbocycles. The maximum absolute atomic E-state index is 13.8. The van der Waals surface area contributed by atoms with E-state index in [9.17, 15) is 9.59 Å². The van der Waals surface area contributed by atoms with Gasteiger partial charge in [-0.2, -0.15) is 0 Å². The quantitative estimate of drug-likeness (QED) is 0.433. The van der Waals surface area contributed by atoms with Crippen LogP contribution in [-0.2, 0) is 16.5 Å². The maximum atomic E-state index is 13.8. The van der Waals surface area contributed by atoms with Gasteiger partial charge in [-0.25, -0.2) is 4.79 Å². The topological polar surface area (TPSA) is 53.1 Å². The molecule has 6 nitrogen and oxygen atoms in total. The second-order valence-corrected chi connectivity index (χ2v) is 13.0. The highest BCUT2D eigenvalue weighted by atomic mass is 32.4. The summed E-state index contributed by atoms with van der Waals surface area (Å²) < 4.78 is 9.26. The first-order valence-corrected chi connectivity index (χ1v) is 14.3. The van der Waals surface area contributed by atoms with E-state index in [0.717, 1.165) is 29.5 Å². The Morgan fingerprint density at radius 1 is 1.09 bits per heavy atom. The summed E-state index contributed by atoms with van der Waals surface area (Å²) in [5, 5.41) is 0.954. The number of carbonyl (C=O) groups excluding carboxylic acids is 2. The second kappa shape index (κ2) is 9.57. The van der Waals surface area contributed by atoms with Crippen LogP contribution < -0.4 is 14.9 Å². The predicted octanol–water partition coefficient (Wildman–Crippen LogP) is 4.79. The van der Waals surface area contributed by atoms with Crippen molar-refractivity contribution < 1.29 is 14.3 Å². The van der Waals surface area contributed by atoms with Crippen molar-refractivity contribution >= 4 is 46.7 Å². The van der Waals surface area contributed by atoms with Crippen molar-refractivity contribution in [3.05, 3.63) is 53.6 Å². The SMILES string of the molecule is CCOC(=O)c1ccc(N2C(=O)c3cc(N(C)C)ccc3P2(=S)N(C)C2CCCCC2)cc1. The van der Waals surface area contributed by atoms with Crippen LogP contribution >= 0.6 is 6.34 Å². The van der Waals surface area contributed by atoms with E-state index in [-0.39, 0.29) is 11.9 Å². The first-order valence-electron chi connectivity index (χ1n) is 11.6. The zero-order valence-corrected chi connectivity index (χ0v) is 21.5. The van der Waals surface area contributed by atoms with Gasteiger partial charge in [0.2, 0.25) is 0 Å². The van der Waals surface area contributed by atoms with E-state index >= 15 is 0 Å². The Kier molecular flexibility index (Phi) is 6.94. The average Bonchev–Trinajstić information content (AvgIpc) is 3.06. The standard InChI is InChI=1S/C25H32N3O3PS/c1-5-31-25(30)18-11-13-20(14-12-18)28-24(29)22-17-21(26(2)3)15-16-23(22)32(28,33)27(4)19-9-7-6-8-10-19/h11-17,19H,5-10H2,1-4H3. The van der Waals surface area contributed by atoms with Crippen LogP contribution in [0.2, 0.25) is 0 Å². The van der Waals surface area contributed by atoms with E-state index in [1.807, 2.05) is 41.9 Å². The normalized spacial score (nSPS) is 20.8. The van der Waals surface area contributed by atoms with Crippen LogP contribution in [0.1, 0.15) is 59.7 Å². The molecule has 1 heterocycles. The lowest BCUT2D eigenvalue weighted by Gasteiger charge is -2.42. The van der Waals surface area contributed by atoms with Gasteiger partial charge >= 0.3 is 5.97 Å². The molecule has 1 aliphatic carbocycles. The van der Waals surface area contributed by atoms with Gasteiger partial charge in [-0.05, 0) is 69.3 Å². The Balaban J connectivity index is 1.80. The van der Waals surface area contributed by atoms with Crippen LogP contribution in [0.25, 0.3) is 0 Å². The molecule has 0 radical (unpaired) electrons. The number of benzene rings is 2. The zero-order valence-electron chi connectivity index (χ0n) is 19.8. The van der Waals surface area contributed by atoms with Crippen molar-refractivity contribution in [1.29, 1.82) is 0 Å². The Bertz CT molecular complexity index is 1100. The van der Waals surface area contributed by atoms with E-state index in [1.165, 1.54) is 19.3 Å². The molecule has 2 aliphatic rings. The summed E-state index contributed by atoms with van der Waals surface area (Å²) in [4.78, 5) is 28.0. The third-order valence-electron chi connectivity index (χ3n) is 6.66. The van der Waals surface area contributed by atoms with Gasteiger partial charge < -0.3 is 9.64 Å². The largest absolute Gasteiger partial charge is 0.462 e. The summed E-state index contributed by atoms with van der Waals surface area (Å²) >= 11 is 6.48. The van der Waals surface area contributed by atoms with Crippen molar-refractivity contribution in [1.82, 2.24) is 4.67 Å². The second-order valence-electron chi connectivity index (χ2n) is 8.89. The fourth-order valence-corrected chi connectivity index (χ4v) is 9.22. The lowest BCUT2D eigenvalue weighted by Crippen LogP contribution is -2.38. The van der Waals surface area contributed by atoms with Gasteiger partial charge in [-0.1, -0.05) is 31.1 Å². The molecule has 1 atom stereocenters. The first-order chi connectivity index (χ1) is 15.8. The van der Waals surface area contributed by atoms with Gasteiger partial charge in [0.1, 0.15) is 6.34 Å². The Labute approximate surface area is 201 Å². The van der Waals surface area contributed by atoms with Crippen LogP contribution in [0.15, 0.2) is 42.5 Å². The van der Waals surface area contributed by atoms with Crippen molar-refractivity contribution in [2.24, 2.45) is 0 Å². The highest BCUT2D eigenvalue weighted by Crippen LogP contribution is 2.60. The van der Waals surface area contributed by atoms with Crippen LogP contribution in [0, 0.1) is 0 Å². The lowest BCUT2D eigenvalue weighted by atomic mass is 9.96. The molecule has 1 saturated carbocycles. The molecule has 1 unspecified atom stereocenters. The predicted molar refractivity (Wildman–Crippen MR) is 139 cm³/mol. The number of esters is 1. The summed E-state index contributed by atoms with van der Waals surface area (Å²) in [6.45, 7) is 2.10. The third-order valence-corrected chi connectivity index (χ3v) is 11.7. The Morgan fingerprint density at radius 2 is 1.76 bits per heavy atom. The molecule has 176 valence electrons. The Morgan fingerprint density at radius 3 is 2.36 bits per heavy atom. The van der Waals surface area contributed by atoms with Gasteiger partial charge in [0.25, 0.3) is 5.91 Å². The van der Waals surface area contributed by atoms with E-state index in [1.54, 1.807) is 19.1 Å². The number of hydrogen-bond acceptors (Lipinski definition) is 5. The molecule has 1 amide bonds. The van der Waals surface area contributed by atoms with Gasteiger partial charge in [0, 0.05) is 31.1 Å². The van der Waals surface area contributed by atoms with Gasteiger partial charge in [-0.15, -0.1) is 0 Å². The summed E-state index contributed by atoms with van der Waals surface area (Å²) in [6, 6.07) is 13.5. The van der Waals surface area contributed by atoms with Crippen LogP contribution in [-0.4, -0.2) is 50.3 Å². The van der Waals surface area contributed by atoms with Gasteiger partial charge in [-0.3, -0.25) is 14.1 Å². The fourth-order valence-electron chi connectivity index (χ4n) is 4.79. The van der Waals surface area contributed by atoms with Crippen LogP contribution in [0.4, 0.5) is 11.4 Å². The summed E-state index contributed by atoms with van der Waals surface area (Å²) in [5.74, 6) is -0.432. The van der Waals surface area contributed by atoms with E-state index in [4.69, 9.17) is 16.5 Å². The van der Waals surface area contributed by atoms with Crippen molar-refractivity contribution in [3.8, 4) is 0 Å². The molecular weight excluding hydrogens is 453 g/mol. The smallest absolute Gasteiger partial charge is 0.338 e. The minimum atomic E-state index is -2.59. The Hall–Kier alpha value is -2.21. The molecule has 0 spiro atoms. The van der Waals surface area contributed by atoms with E-state index < -0.39 is 6.34 Å². The molecule has 8 heteroatoms. The minimum absolute atomic E-state index is 0.0661. The number of rotatable bonds is 6. The zero-order chi connectivity index (χ0) is 23.8. The van der Waals surface area contributed by atoms with Crippen molar-refractivity contribution in [2.45, 2.75) is 45.1 Å². The van der Waals surface area contributed by atoms with Crippen molar-refractivity contribution in [2.75, 3.05) is 37.3 Å². The molecule has 33 heavy (non-hydrogen) atoms. The molecule has 2 aromatic rings.